The van der Waals surface area contributed by atoms with Crippen LogP contribution in [0.15, 0.2) is 10.9 Å². The summed E-state index contributed by atoms with van der Waals surface area (Å²) in [6.45, 7) is 12.3. The van der Waals surface area contributed by atoms with Crippen LogP contribution in [0.2, 0.25) is 0 Å². The first-order valence-corrected chi connectivity index (χ1v) is 5.95. The highest BCUT2D eigenvalue weighted by Crippen LogP contribution is 2.15. The first-order chi connectivity index (χ1) is 5.50. The maximum Gasteiger partial charge on any atom is 0.0359 e. The van der Waals surface area contributed by atoms with E-state index in [1.165, 1.54) is 15.9 Å². The third kappa shape index (κ3) is 3.44. The van der Waals surface area contributed by atoms with Gasteiger partial charge in [-0.3, -0.25) is 0 Å². The van der Waals surface area contributed by atoms with E-state index in [1.54, 1.807) is 5.20 Å². The first-order valence-electron chi connectivity index (χ1n) is 4.95. The second-order valence-electron chi connectivity index (χ2n) is 3.94. The average molecular weight is 185 g/mol. The van der Waals surface area contributed by atoms with Crippen molar-refractivity contribution in [3.63, 3.8) is 0 Å². The highest BCUT2D eigenvalue weighted by molar-refractivity contribution is 6.22. The van der Waals surface area contributed by atoms with E-state index in [-0.39, 0.29) is 0 Å². The van der Waals surface area contributed by atoms with Gasteiger partial charge in [-0.15, -0.1) is 0 Å². The van der Waals surface area contributed by atoms with Crippen molar-refractivity contribution >= 4 is 10.2 Å². The van der Waals surface area contributed by atoms with Gasteiger partial charge < -0.3 is 5.32 Å². The van der Waals surface area contributed by atoms with Gasteiger partial charge in [-0.05, 0) is 18.8 Å². The number of hydrogen-bond donors (Lipinski definition) is 1. The molecule has 12 heavy (non-hydrogen) atoms. The molecule has 0 aliphatic heterocycles. The molecule has 1 N–H and O–H groups in total. The Balaban J connectivity index is 4.55. The van der Waals surface area contributed by atoms with E-state index in [2.05, 4.69) is 39.9 Å². The SMILES string of the molecule is CCNC(=C([SiH3])C(C)C)C(C)C. The van der Waals surface area contributed by atoms with Gasteiger partial charge in [0.1, 0.15) is 0 Å². The quantitative estimate of drug-likeness (QED) is 0.654. The van der Waals surface area contributed by atoms with Crippen molar-refractivity contribution in [2.75, 3.05) is 6.54 Å². The van der Waals surface area contributed by atoms with Gasteiger partial charge in [0.05, 0.1) is 0 Å². The monoisotopic (exact) mass is 185 g/mol. The summed E-state index contributed by atoms with van der Waals surface area (Å²) in [7, 11) is 1.19. The van der Waals surface area contributed by atoms with Crippen molar-refractivity contribution in [2.45, 2.75) is 34.6 Å². The summed E-state index contributed by atoms with van der Waals surface area (Å²) < 4.78 is 0. The molecule has 0 aliphatic carbocycles. The summed E-state index contributed by atoms with van der Waals surface area (Å²) in [6.07, 6.45) is 0. The lowest BCUT2D eigenvalue weighted by Gasteiger charge is -2.19. The zero-order valence-electron chi connectivity index (χ0n) is 9.36. The summed E-state index contributed by atoms with van der Waals surface area (Å²) in [6, 6.07) is 0. The van der Waals surface area contributed by atoms with Crippen LogP contribution in [0.25, 0.3) is 0 Å². The molecule has 0 bridgehead atoms. The Morgan fingerprint density at radius 2 is 1.67 bits per heavy atom. The Labute approximate surface area is 80.1 Å². The Morgan fingerprint density at radius 1 is 1.17 bits per heavy atom. The number of nitrogens with one attached hydrogen (secondary N) is 1. The van der Waals surface area contributed by atoms with Crippen LogP contribution in [0, 0.1) is 11.8 Å². The molecule has 0 unspecified atom stereocenters. The fraction of sp³-hybridized carbons (Fsp3) is 0.800. The van der Waals surface area contributed by atoms with Crippen LogP contribution in [-0.4, -0.2) is 16.8 Å². The molecule has 0 radical (unpaired) electrons. The van der Waals surface area contributed by atoms with E-state index >= 15 is 0 Å². The van der Waals surface area contributed by atoms with Crippen molar-refractivity contribution < 1.29 is 0 Å². The van der Waals surface area contributed by atoms with Crippen molar-refractivity contribution in [2.24, 2.45) is 11.8 Å². The van der Waals surface area contributed by atoms with Gasteiger partial charge in [-0.2, -0.15) is 0 Å². The van der Waals surface area contributed by atoms with Gasteiger partial charge in [0.2, 0.25) is 0 Å². The van der Waals surface area contributed by atoms with Crippen molar-refractivity contribution in [3.8, 4) is 0 Å². The van der Waals surface area contributed by atoms with Crippen LogP contribution >= 0.6 is 0 Å². The van der Waals surface area contributed by atoms with Gasteiger partial charge >= 0.3 is 0 Å². The molecular weight excluding hydrogens is 162 g/mol. The topological polar surface area (TPSA) is 12.0 Å². The first kappa shape index (κ1) is 11.8. The third-order valence-corrected chi connectivity index (χ3v) is 3.93. The molecule has 0 atom stereocenters. The molecule has 0 saturated carbocycles. The third-order valence-electron chi connectivity index (χ3n) is 2.24. The van der Waals surface area contributed by atoms with Crippen molar-refractivity contribution in [1.82, 2.24) is 5.32 Å². The lowest BCUT2D eigenvalue weighted by molar-refractivity contribution is 0.638. The summed E-state index contributed by atoms with van der Waals surface area (Å²) in [4.78, 5) is 0. The van der Waals surface area contributed by atoms with Gasteiger partial charge in [0.25, 0.3) is 0 Å². The molecular formula is C10H23NSi. The van der Waals surface area contributed by atoms with Crippen LogP contribution in [0.1, 0.15) is 34.6 Å². The van der Waals surface area contributed by atoms with Crippen LogP contribution in [-0.2, 0) is 0 Å². The molecule has 2 heteroatoms. The van der Waals surface area contributed by atoms with Crippen molar-refractivity contribution in [1.29, 1.82) is 0 Å². The smallest absolute Gasteiger partial charge is 0.0359 e. The molecule has 0 aromatic heterocycles. The second kappa shape index (κ2) is 5.41. The average Bonchev–Trinajstić information content (AvgIpc) is 1.98. The Hall–Kier alpha value is -0.243. The number of allylic oxidation sites excluding steroid dienone is 2. The van der Waals surface area contributed by atoms with E-state index in [4.69, 9.17) is 0 Å². The molecule has 0 amide bonds. The number of hydrogen-bond acceptors (Lipinski definition) is 1. The normalized spacial score (nSPS) is 13.9. The summed E-state index contributed by atoms with van der Waals surface area (Å²) in [5, 5.41) is 5.11. The van der Waals surface area contributed by atoms with Crippen molar-refractivity contribution in [3.05, 3.63) is 10.9 Å². The predicted molar refractivity (Wildman–Crippen MR) is 60.3 cm³/mol. The predicted octanol–water partition coefficient (Wildman–Crippen LogP) is 1.48. The molecule has 0 aliphatic rings. The standard InChI is InChI=1S/C10H23NSi/c1-6-11-9(7(2)3)10(12)8(4)5/h7-8,11H,6H2,1-5,12H3. The van der Waals surface area contributed by atoms with Gasteiger partial charge in [0, 0.05) is 22.5 Å². The molecule has 0 aromatic carbocycles. The Morgan fingerprint density at radius 3 is 1.92 bits per heavy atom. The fourth-order valence-corrected chi connectivity index (χ4v) is 2.05. The molecule has 0 spiro atoms. The summed E-state index contributed by atoms with van der Waals surface area (Å²) in [5.41, 5.74) is 1.49. The van der Waals surface area contributed by atoms with Gasteiger partial charge in [-0.25, -0.2) is 0 Å². The molecule has 0 fully saturated rings. The second-order valence-corrected chi connectivity index (χ2v) is 5.01. The van der Waals surface area contributed by atoms with Crippen LogP contribution in [0.5, 0.6) is 0 Å². The van der Waals surface area contributed by atoms with E-state index in [0.29, 0.717) is 11.8 Å². The maximum atomic E-state index is 3.48. The van der Waals surface area contributed by atoms with Gasteiger partial charge in [0.15, 0.2) is 0 Å². The summed E-state index contributed by atoms with van der Waals surface area (Å²) in [5.74, 6) is 1.37. The van der Waals surface area contributed by atoms with Crippen LogP contribution < -0.4 is 5.32 Å². The van der Waals surface area contributed by atoms with Crippen LogP contribution in [0.3, 0.4) is 0 Å². The number of rotatable bonds is 4. The van der Waals surface area contributed by atoms with E-state index in [0.717, 1.165) is 6.54 Å². The molecule has 0 aromatic rings. The lowest BCUT2D eigenvalue weighted by Crippen LogP contribution is -2.21. The highest BCUT2D eigenvalue weighted by atomic mass is 28.1. The minimum absolute atomic E-state index is 0.653. The fourth-order valence-electron chi connectivity index (χ4n) is 1.30. The van der Waals surface area contributed by atoms with E-state index in [9.17, 15) is 0 Å². The zero-order valence-corrected chi connectivity index (χ0v) is 11.4. The molecule has 0 heterocycles. The highest BCUT2D eigenvalue weighted by Gasteiger charge is 2.08. The largest absolute Gasteiger partial charge is 0.389 e. The molecule has 1 nitrogen and oxygen atoms in total. The minimum atomic E-state index is 0.653. The molecule has 0 rings (SSSR count). The van der Waals surface area contributed by atoms with E-state index in [1.807, 2.05) is 0 Å². The Kier molecular flexibility index (Phi) is 5.30. The zero-order chi connectivity index (χ0) is 9.72. The van der Waals surface area contributed by atoms with E-state index < -0.39 is 0 Å². The lowest BCUT2D eigenvalue weighted by atomic mass is 10.1. The maximum absolute atomic E-state index is 3.48. The van der Waals surface area contributed by atoms with Gasteiger partial charge in [-0.1, -0.05) is 32.9 Å². The molecule has 72 valence electrons. The van der Waals surface area contributed by atoms with Crippen LogP contribution in [0.4, 0.5) is 0 Å². The molecule has 0 saturated heterocycles. The Bertz CT molecular complexity index is 159. The minimum Gasteiger partial charge on any atom is -0.389 e. The summed E-state index contributed by atoms with van der Waals surface area (Å²) >= 11 is 0.